The van der Waals surface area contributed by atoms with Crippen molar-refractivity contribution in [1.82, 2.24) is 4.98 Å². The number of pyridine rings is 1. The Bertz CT molecular complexity index is 701. The van der Waals surface area contributed by atoms with Crippen LogP contribution >= 0.6 is 0 Å². The summed E-state index contributed by atoms with van der Waals surface area (Å²) in [6.07, 6.45) is 4.51. The zero-order chi connectivity index (χ0) is 14.7. The van der Waals surface area contributed by atoms with Gasteiger partial charge in [0.25, 0.3) is 5.91 Å². The summed E-state index contributed by atoms with van der Waals surface area (Å²) in [6.45, 7) is 0.706. The summed E-state index contributed by atoms with van der Waals surface area (Å²) in [7, 11) is 0. The summed E-state index contributed by atoms with van der Waals surface area (Å²) in [5.74, 6) is -0.103. The molecule has 0 unspecified atom stereocenters. The highest BCUT2D eigenvalue weighted by Crippen LogP contribution is 2.27. The number of hydrogen-bond acceptors (Lipinski definition) is 3. The smallest absolute Gasteiger partial charge is 0.276 e. The molecule has 1 aliphatic rings. The molecule has 1 aliphatic heterocycles. The molecule has 0 N–H and O–H groups in total. The number of carbonyl (C=O) groups is 1. The Hall–Kier alpha value is -2.67. The van der Waals surface area contributed by atoms with E-state index >= 15 is 0 Å². The van der Waals surface area contributed by atoms with E-state index in [1.807, 2.05) is 24.3 Å². The van der Waals surface area contributed by atoms with Crippen molar-refractivity contribution in [2.45, 2.75) is 19.3 Å². The van der Waals surface area contributed by atoms with Crippen molar-refractivity contribution in [3.05, 3.63) is 59.4 Å². The first-order valence-electron chi connectivity index (χ1n) is 7.05. The summed E-state index contributed by atoms with van der Waals surface area (Å²) >= 11 is 0. The summed E-state index contributed by atoms with van der Waals surface area (Å²) in [5, 5.41) is 8.80. The monoisotopic (exact) mass is 277 g/mol. The van der Waals surface area contributed by atoms with Gasteiger partial charge in [-0.15, -0.1) is 0 Å². The predicted molar refractivity (Wildman–Crippen MR) is 80.0 cm³/mol. The quantitative estimate of drug-likeness (QED) is 0.805. The van der Waals surface area contributed by atoms with E-state index in [1.54, 1.807) is 17.0 Å². The third-order valence-corrected chi connectivity index (χ3v) is 3.72. The minimum Gasteiger partial charge on any atom is -0.307 e. The van der Waals surface area contributed by atoms with E-state index in [4.69, 9.17) is 5.26 Å². The first kappa shape index (κ1) is 13.3. The normalized spacial score (nSPS) is 14.0. The lowest BCUT2D eigenvalue weighted by atomic mass is 10.1. The first-order chi connectivity index (χ1) is 10.3. The molecule has 1 aromatic heterocycles. The molecule has 4 nitrogen and oxygen atoms in total. The minimum absolute atomic E-state index is 0.103. The fourth-order valence-corrected chi connectivity index (χ4v) is 2.63. The molecule has 104 valence electrons. The van der Waals surface area contributed by atoms with E-state index in [2.05, 4.69) is 11.1 Å². The second kappa shape index (κ2) is 5.76. The lowest BCUT2D eigenvalue weighted by Gasteiger charge is -2.22. The lowest BCUT2D eigenvalue weighted by Crippen LogP contribution is -2.32. The topological polar surface area (TPSA) is 57.0 Å². The van der Waals surface area contributed by atoms with Crippen LogP contribution < -0.4 is 4.90 Å². The molecule has 0 aliphatic carbocycles. The van der Waals surface area contributed by atoms with Gasteiger partial charge in [0.2, 0.25) is 0 Å². The summed E-state index contributed by atoms with van der Waals surface area (Å²) in [4.78, 5) is 18.6. The van der Waals surface area contributed by atoms with E-state index in [9.17, 15) is 4.79 Å². The zero-order valence-electron chi connectivity index (χ0n) is 11.6. The maximum absolute atomic E-state index is 12.7. The van der Waals surface area contributed by atoms with E-state index in [-0.39, 0.29) is 5.91 Å². The Morgan fingerprint density at radius 1 is 1.19 bits per heavy atom. The number of benzene rings is 1. The molecule has 2 aromatic rings. The fraction of sp³-hybridized carbons (Fsp3) is 0.235. The summed E-state index contributed by atoms with van der Waals surface area (Å²) in [5.41, 5.74) is 3.02. The molecular formula is C17H15N3O. The van der Waals surface area contributed by atoms with Crippen molar-refractivity contribution in [1.29, 1.82) is 5.26 Å². The van der Waals surface area contributed by atoms with Crippen molar-refractivity contribution < 1.29 is 4.79 Å². The number of nitriles is 1. The summed E-state index contributed by atoms with van der Waals surface area (Å²) in [6, 6.07) is 13.3. The SMILES string of the molecule is N#Cc1ccc(C(=O)N2CCCCc3ccccc32)nc1. The maximum Gasteiger partial charge on any atom is 0.276 e. The average molecular weight is 277 g/mol. The molecule has 0 radical (unpaired) electrons. The molecule has 0 saturated heterocycles. The lowest BCUT2D eigenvalue weighted by molar-refractivity contribution is 0.0982. The molecule has 2 heterocycles. The second-order valence-corrected chi connectivity index (χ2v) is 5.09. The molecule has 1 amide bonds. The second-order valence-electron chi connectivity index (χ2n) is 5.09. The number of anilines is 1. The van der Waals surface area contributed by atoms with Crippen molar-refractivity contribution >= 4 is 11.6 Å². The number of aryl methyl sites for hydroxylation is 1. The molecule has 0 bridgehead atoms. The van der Waals surface area contributed by atoms with Gasteiger partial charge < -0.3 is 4.90 Å². The van der Waals surface area contributed by atoms with Gasteiger partial charge in [-0.1, -0.05) is 18.2 Å². The van der Waals surface area contributed by atoms with Gasteiger partial charge in [0.1, 0.15) is 11.8 Å². The number of aromatic nitrogens is 1. The van der Waals surface area contributed by atoms with E-state index < -0.39 is 0 Å². The average Bonchev–Trinajstić information content (AvgIpc) is 2.77. The van der Waals surface area contributed by atoms with Gasteiger partial charge in [0, 0.05) is 18.4 Å². The highest BCUT2D eigenvalue weighted by atomic mass is 16.2. The van der Waals surface area contributed by atoms with Gasteiger partial charge in [-0.2, -0.15) is 5.26 Å². The molecule has 0 saturated carbocycles. The van der Waals surface area contributed by atoms with Crippen LogP contribution in [0.3, 0.4) is 0 Å². The van der Waals surface area contributed by atoms with Gasteiger partial charge in [-0.25, -0.2) is 4.98 Å². The Balaban J connectivity index is 1.95. The minimum atomic E-state index is -0.103. The van der Waals surface area contributed by atoms with Crippen LogP contribution in [0.25, 0.3) is 0 Å². The summed E-state index contributed by atoms with van der Waals surface area (Å²) < 4.78 is 0. The standard InChI is InChI=1S/C17H15N3O/c18-11-13-8-9-15(19-12-13)17(21)20-10-4-3-6-14-5-1-2-7-16(14)20/h1-2,5,7-9,12H,3-4,6,10H2. The molecule has 0 atom stereocenters. The molecule has 4 heteroatoms. The van der Waals surface area contributed by atoms with Crippen LogP contribution in [0.15, 0.2) is 42.6 Å². The largest absolute Gasteiger partial charge is 0.307 e. The van der Waals surface area contributed by atoms with Gasteiger partial charge in [0.15, 0.2) is 0 Å². The predicted octanol–water partition coefficient (Wildman–Crippen LogP) is 2.94. The van der Waals surface area contributed by atoms with Crippen molar-refractivity contribution in [2.75, 3.05) is 11.4 Å². The molecule has 21 heavy (non-hydrogen) atoms. The number of amides is 1. The van der Waals surface area contributed by atoms with Gasteiger partial charge in [0.05, 0.1) is 5.56 Å². The van der Waals surface area contributed by atoms with E-state index in [0.29, 0.717) is 17.8 Å². The van der Waals surface area contributed by atoms with Crippen LogP contribution in [0.2, 0.25) is 0 Å². The third-order valence-electron chi connectivity index (χ3n) is 3.72. The molecular weight excluding hydrogens is 262 g/mol. The third kappa shape index (κ3) is 2.63. The van der Waals surface area contributed by atoms with Crippen LogP contribution in [-0.4, -0.2) is 17.4 Å². The maximum atomic E-state index is 12.7. The van der Waals surface area contributed by atoms with Crippen LogP contribution in [-0.2, 0) is 6.42 Å². The van der Waals surface area contributed by atoms with Crippen LogP contribution in [0.5, 0.6) is 0 Å². The Kier molecular flexibility index (Phi) is 3.65. The van der Waals surface area contributed by atoms with Crippen molar-refractivity contribution in [2.24, 2.45) is 0 Å². The highest BCUT2D eigenvalue weighted by Gasteiger charge is 2.22. The molecule has 0 fully saturated rings. The Morgan fingerprint density at radius 2 is 2.05 bits per heavy atom. The highest BCUT2D eigenvalue weighted by molar-refractivity contribution is 6.05. The van der Waals surface area contributed by atoms with Crippen LogP contribution in [0.4, 0.5) is 5.69 Å². The van der Waals surface area contributed by atoms with Gasteiger partial charge in [-0.05, 0) is 43.0 Å². The number of fused-ring (bicyclic) bond motifs is 1. The first-order valence-corrected chi connectivity index (χ1v) is 7.05. The van der Waals surface area contributed by atoms with E-state index in [1.165, 1.54) is 11.8 Å². The number of rotatable bonds is 1. The number of para-hydroxylation sites is 1. The molecule has 0 spiro atoms. The number of carbonyl (C=O) groups excluding carboxylic acids is 1. The number of nitrogens with zero attached hydrogens (tertiary/aromatic N) is 3. The fourth-order valence-electron chi connectivity index (χ4n) is 2.63. The Morgan fingerprint density at radius 3 is 2.81 bits per heavy atom. The van der Waals surface area contributed by atoms with Crippen LogP contribution in [0, 0.1) is 11.3 Å². The molecule has 1 aromatic carbocycles. The Labute approximate surface area is 123 Å². The van der Waals surface area contributed by atoms with Crippen molar-refractivity contribution in [3.63, 3.8) is 0 Å². The van der Waals surface area contributed by atoms with Crippen molar-refractivity contribution in [3.8, 4) is 6.07 Å². The number of hydrogen-bond donors (Lipinski definition) is 0. The zero-order valence-corrected chi connectivity index (χ0v) is 11.6. The van der Waals surface area contributed by atoms with E-state index in [0.717, 1.165) is 24.9 Å². The van der Waals surface area contributed by atoms with Gasteiger partial charge >= 0.3 is 0 Å². The molecule has 3 rings (SSSR count). The van der Waals surface area contributed by atoms with Crippen LogP contribution in [0.1, 0.15) is 34.5 Å². The van der Waals surface area contributed by atoms with Gasteiger partial charge in [-0.3, -0.25) is 4.79 Å².